The molecular weight excluding hydrogens is 262 g/mol. The van der Waals surface area contributed by atoms with Crippen LogP contribution in [0.2, 0.25) is 4.34 Å². The fourth-order valence-corrected chi connectivity index (χ4v) is 4.55. The van der Waals surface area contributed by atoms with Crippen molar-refractivity contribution in [3.63, 3.8) is 0 Å². The number of aryl methyl sites for hydroxylation is 1. The fraction of sp³-hybridized carbons (Fsp3) is 0.733. The molecule has 1 saturated carbocycles. The van der Waals surface area contributed by atoms with Crippen molar-refractivity contribution in [2.75, 3.05) is 6.54 Å². The van der Waals surface area contributed by atoms with Crippen LogP contribution in [0.15, 0.2) is 6.07 Å². The van der Waals surface area contributed by atoms with Crippen molar-refractivity contribution in [3.05, 3.63) is 20.8 Å². The first-order valence-electron chi connectivity index (χ1n) is 7.06. The Labute approximate surface area is 120 Å². The molecule has 0 aromatic carbocycles. The van der Waals surface area contributed by atoms with Gasteiger partial charge in [-0.25, -0.2) is 0 Å². The Hall–Kier alpha value is -0.0500. The molecule has 0 bridgehead atoms. The molecule has 0 amide bonds. The second-order valence-corrected chi connectivity index (χ2v) is 7.54. The van der Waals surface area contributed by atoms with Crippen LogP contribution in [0.5, 0.6) is 0 Å². The van der Waals surface area contributed by atoms with Crippen molar-refractivity contribution in [3.8, 4) is 0 Å². The Balaban J connectivity index is 2.24. The summed E-state index contributed by atoms with van der Waals surface area (Å²) in [4.78, 5) is 1.43. The molecule has 1 unspecified atom stereocenters. The lowest BCUT2D eigenvalue weighted by atomic mass is 9.79. The normalized spacial score (nSPS) is 20.2. The van der Waals surface area contributed by atoms with Gasteiger partial charge in [0.05, 0.1) is 4.34 Å². The van der Waals surface area contributed by atoms with Gasteiger partial charge in [-0.1, -0.05) is 38.3 Å². The molecule has 1 aromatic rings. The third-order valence-electron chi connectivity index (χ3n) is 4.20. The van der Waals surface area contributed by atoms with Gasteiger partial charge in [-0.15, -0.1) is 11.3 Å². The third-order valence-corrected chi connectivity index (χ3v) is 5.82. The average molecular weight is 286 g/mol. The minimum Gasteiger partial charge on any atom is -0.309 e. The van der Waals surface area contributed by atoms with Gasteiger partial charge < -0.3 is 5.32 Å². The molecule has 1 aliphatic rings. The lowest BCUT2D eigenvalue weighted by molar-refractivity contribution is 0.227. The molecule has 1 N–H and O–H groups in total. The van der Waals surface area contributed by atoms with E-state index < -0.39 is 0 Å². The van der Waals surface area contributed by atoms with Gasteiger partial charge in [0.25, 0.3) is 0 Å². The zero-order chi connectivity index (χ0) is 13.2. The Morgan fingerprint density at radius 1 is 1.44 bits per heavy atom. The van der Waals surface area contributed by atoms with Crippen molar-refractivity contribution in [1.29, 1.82) is 0 Å². The van der Waals surface area contributed by atoms with Crippen molar-refractivity contribution < 1.29 is 0 Å². The summed E-state index contributed by atoms with van der Waals surface area (Å²) in [7, 11) is 0. The van der Waals surface area contributed by atoms with Crippen LogP contribution in [0.3, 0.4) is 0 Å². The maximum Gasteiger partial charge on any atom is 0.0960 e. The highest BCUT2D eigenvalue weighted by Crippen LogP contribution is 2.49. The topological polar surface area (TPSA) is 12.0 Å². The van der Waals surface area contributed by atoms with Crippen molar-refractivity contribution in [2.45, 2.75) is 58.9 Å². The maximum absolute atomic E-state index is 6.25. The van der Waals surface area contributed by atoms with E-state index in [1.165, 1.54) is 42.5 Å². The summed E-state index contributed by atoms with van der Waals surface area (Å²) in [5.41, 5.74) is 1.64. The summed E-state index contributed by atoms with van der Waals surface area (Å²) in [6.45, 7) is 7.87. The van der Waals surface area contributed by atoms with Crippen molar-refractivity contribution in [1.82, 2.24) is 5.32 Å². The van der Waals surface area contributed by atoms with E-state index in [-0.39, 0.29) is 0 Å². The van der Waals surface area contributed by atoms with Crippen LogP contribution in [-0.4, -0.2) is 6.54 Å². The highest BCUT2D eigenvalue weighted by atomic mass is 35.5. The standard InChI is InChI=1S/C15H24ClNS/c1-4-9-17-13(15(3)7-5-6-8-15)12-10-11(2)14(16)18-12/h10,13,17H,4-9H2,1-3H3. The molecule has 1 nitrogen and oxygen atoms in total. The Kier molecular flexibility index (Phi) is 4.74. The van der Waals surface area contributed by atoms with Crippen LogP contribution < -0.4 is 5.32 Å². The number of thiophene rings is 1. The summed E-state index contributed by atoms with van der Waals surface area (Å²) in [6.07, 6.45) is 6.61. The van der Waals surface area contributed by atoms with Crippen LogP contribution in [-0.2, 0) is 0 Å². The molecule has 18 heavy (non-hydrogen) atoms. The van der Waals surface area contributed by atoms with Gasteiger partial charge in [0.15, 0.2) is 0 Å². The zero-order valence-electron chi connectivity index (χ0n) is 11.7. The van der Waals surface area contributed by atoms with E-state index in [2.05, 4.69) is 32.2 Å². The van der Waals surface area contributed by atoms with Crippen LogP contribution in [0, 0.1) is 12.3 Å². The van der Waals surface area contributed by atoms with Crippen molar-refractivity contribution >= 4 is 22.9 Å². The summed E-state index contributed by atoms with van der Waals surface area (Å²) < 4.78 is 0.954. The summed E-state index contributed by atoms with van der Waals surface area (Å²) in [5.74, 6) is 0. The lowest BCUT2D eigenvalue weighted by Crippen LogP contribution is -2.34. The van der Waals surface area contributed by atoms with E-state index in [0.29, 0.717) is 11.5 Å². The van der Waals surface area contributed by atoms with Gasteiger partial charge in [0.2, 0.25) is 0 Å². The molecule has 2 rings (SSSR count). The van der Waals surface area contributed by atoms with E-state index in [4.69, 9.17) is 11.6 Å². The smallest absolute Gasteiger partial charge is 0.0960 e. The molecule has 1 atom stereocenters. The first kappa shape index (κ1) is 14.4. The third kappa shape index (κ3) is 2.92. The molecule has 1 fully saturated rings. The summed E-state index contributed by atoms with van der Waals surface area (Å²) in [6, 6.07) is 2.76. The molecule has 1 aliphatic carbocycles. The molecule has 0 radical (unpaired) electrons. The Bertz CT molecular complexity index is 374. The van der Waals surface area contributed by atoms with E-state index in [0.717, 1.165) is 10.9 Å². The van der Waals surface area contributed by atoms with Crippen LogP contribution in [0.4, 0.5) is 0 Å². The highest BCUT2D eigenvalue weighted by Gasteiger charge is 2.38. The van der Waals surface area contributed by atoms with Gasteiger partial charge >= 0.3 is 0 Å². The van der Waals surface area contributed by atoms with Gasteiger partial charge in [0, 0.05) is 10.9 Å². The Morgan fingerprint density at radius 3 is 2.61 bits per heavy atom. The fourth-order valence-electron chi connectivity index (χ4n) is 3.08. The number of halogens is 1. The number of rotatable bonds is 5. The zero-order valence-corrected chi connectivity index (χ0v) is 13.3. The second-order valence-electron chi connectivity index (χ2n) is 5.85. The summed E-state index contributed by atoms with van der Waals surface area (Å²) >= 11 is 8.01. The van der Waals surface area contributed by atoms with Crippen LogP contribution in [0.25, 0.3) is 0 Å². The van der Waals surface area contributed by atoms with Gasteiger partial charge in [-0.2, -0.15) is 0 Å². The van der Waals surface area contributed by atoms with Gasteiger partial charge in [0.1, 0.15) is 0 Å². The largest absolute Gasteiger partial charge is 0.309 e. The molecule has 0 aliphatic heterocycles. The SMILES string of the molecule is CCCNC(c1cc(C)c(Cl)s1)C1(C)CCCC1. The molecule has 3 heteroatoms. The molecular formula is C15H24ClNS. The number of hydrogen-bond donors (Lipinski definition) is 1. The van der Waals surface area contributed by atoms with Crippen LogP contribution >= 0.6 is 22.9 Å². The van der Waals surface area contributed by atoms with E-state index in [1.807, 2.05) is 0 Å². The Morgan fingerprint density at radius 2 is 2.11 bits per heavy atom. The summed E-state index contributed by atoms with van der Waals surface area (Å²) in [5, 5.41) is 3.76. The molecule has 0 spiro atoms. The number of nitrogens with one attached hydrogen (secondary N) is 1. The maximum atomic E-state index is 6.25. The van der Waals surface area contributed by atoms with Gasteiger partial charge in [-0.3, -0.25) is 0 Å². The molecule has 102 valence electrons. The molecule has 0 saturated heterocycles. The second kappa shape index (κ2) is 5.94. The number of hydrogen-bond acceptors (Lipinski definition) is 2. The van der Waals surface area contributed by atoms with Crippen LogP contribution in [0.1, 0.15) is 62.4 Å². The van der Waals surface area contributed by atoms with Gasteiger partial charge in [-0.05, 0) is 49.8 Å². The first-order valence-corrected chi connectivity index (χ1v) is 8.25. The first-order chi connectivity index (χ1) is 8.57. The minimum atomic E-state index is 0.412. The molecule has 1 aromatic heterocycles. The minimum absolute atomic E-state index is 0.412. The lowest BCUT2D eigenvalue weighted by Gasteiger charge is -2.34. The predicted molar refractivity (Wildman–Crippen MR) is 81.7 cm³/mol. The van der Waals surface area contributed by atoms with E-state index >= 15 is 0 Å². The predicted octanol–water partition coefficient (Wildman–Crippen LogP) is 5.33. The average Bonchev–Trinajstić information content (AvgIpc) is 2.88. The monoisotopic (exact) mass is 285 g/mol. The quantitative estimate of drug-likeness (QED) is 0.771. The molecule has 1 heterocycles. The van der Waals surface area contributed by atoms with E-state index in [1.54, 1.807) is 11.3 Å². The van der Waals surface area contributed by atoms with E-state index in [9.17, 15) is 0 Å². The van der Waals surface area contributed by atoms with Crippen molar-refractivity contribution in [2.24, 2.45) is 5.41 Å². The highest BCUT2D eigenvalue weighted by molar-refractivity contribution is 7.16.